The molecule has 0 heterocycles. The number of phosphoric acid groups is 1. The van der Waals surface area contributed by atoms with E-state index in [0.29, 0.717) is 0 Å². The molecule has 0 radical (unpaired) electrons. The van der Waals surface area contributed by atoms with Crippen LogP contribution in [0, 0.1) is 0 Å². The molecule has 0 aliphatic heterocycles. The van der Waals surface area contributed by atoms with Gasteiger partial charge in [0.05, 0.1) is 0 Å². The van der Waals surface area contributed by atoms with Crippen LogP contribution in [0.4, 0.5) is 0 Å². The molecule has 132 valence electrons. The zero-order chi connectivity index (χ0) is 4.50. The zero-order valence-corrected chi connectivity index (χ0v) is 11.2. The van der Waals surface area contributed by atoms with Gasteiger partial charge in [-0.1, -0.05) is 0 Å². The maximum absolute atomic E-state index is 8.88. The molecule has 0 saturated heterocycles. The monoisotopic (exact) mass is 340 g/mol. The van der Waals surface area contributed by atoms with Crippen LogP contribution in [0.2, 0.25) is 0 Å². The summed E-state index contributed by atoms with van der Waals surface area (Å²) in [7, 11) is -4.64. The molecule has 0 aromatic carbocycles. The second kappa shape index (κ2) is 114. The van der Waals surface area contributed by atoms with E-state index in [4.69, 9.17) is 19.2 Å². The largest absolute Gasteiger partial charge is 2.00 e. The van der Waals surface area contributed by atoms with Crippen LogP contribution in [0.25, 0.3) is 0 Å². The molecule has 18 heavy (non-hydrogen) atoms. The van der Waals surface area contributed by atoms with Crippen molar-refractivity contribution in [3.8, 4) is 0 Å². The molecule has 0 bridgehead atoms. The second-order valence-corrected chi connectivity index (χ2v) is 1.54. The standard InChI is InChI=1S/Mg.H3O4P.12H2O.2H/c;1-5(2,3)4;;;;;;;;;;;;;;/h;(H3,1,2,3,4);12*1H2;;/q+2;;;;;;;;;;;;;;2*-1. The van der Waals surface area contributed by atoms with Gasteiger partial charge in [0.15, 0.2) is 0 Å². The minimum Gasteiger partial charge on any atom is -1.00 e. The third-order valence-corrected chi connectivity index (χ3v) is 0. The van der Waals surface area contributed by atoms with E-state index in [-0.39, 0.29) is 91.6 Å². The Kier molecular flexibility index (Phi) is 1830. The van der Waals surface area contributed by atoms with Gasteiger partial charge in [0, 0.05) is 0 Å². The van der Waals surface area contributed by atoms with Crippen molar-refractivity contribution in [3.63, 3.8) is 0 Å². The second-order valence-electron chi connectivity index (χ2n) is 0.513. The van der Waals surface area contributed by atoms with E-state index in [1.807, 2.05) is 0 Å². The summed E-state index contributed by atoms with van der Waals surface area (Å²) in [5.41, 5.74) is 0. The van der Waals surface area contributed by atoms with Crippen LogP contribution in [-0.4, -0.2) is 103 Å². The van der Waals surface area contributed by atoms with Crippen LogP contribution >= 0.6 is 7.82 Å². The third kappa shape index (κ3) is 24800. The molecule has 0 atom stereocenters. The van der Waals surface area contributed by atoms with Gasteiger partial charge in [-0.15, -0.1) is 0 Å². The van der Waals surface area contributed by atoms with Crippen molar-refractivity contribution in [1.82, 2.24) is 0 Å². The summed E-state index contributed by atoms with van der Waals surface area (Å²) in [5, 5.41) is 0. The smallest absolute Gasteiger partial charge is 1.00 e. The molecular weight excluding hydrogens is 311 g/mol. The van der Waals surface area contributed by atoms with E-state index in [0.717, 1.165) is 0 Å². The zero-order valence-electron chi connectivity index (χ0n) is 10.9. The van der Waals surface area contributed by atoms with Crippen molar-refractivity contribution >= 4 is 30.9 Å². The van der Waals surface area contributed by atoms with Gasteiger partial charge in [-0.2, -0.15) is 0 Å². The predicted octanol–water partition coefficient (Wildman–Crippen LogP) is -11.0. The summed E-state index contributed by atoms with van der Waals surface area (Å²) in [6.07, 6.45) is 0. The van der Waals surface area contributed by atoms with Crippen LogP contribution in [0.15, 0.2) is 0 Å². The topological polar surface area (TPSA) is 456 Å². The minimum absolute atomic E-state index is 0. The molecule has 16 nitrogen and oxygen atoms in total. The molecule has 0 spiro atoms. The molecule has 0 amide bonds. The normalized spacial score (nSPS) is 3.28. The number of hydrogen-bond acceptors (Lipinski definition) is 1. The summed E-state index contributed by atoms with van der Waals surface area (Å²) in [6, 6.07) is 0. The summed E-state index contributed by atoms with van der Waals surface area (Å²) >= 11 is 0. The van der Waals surface area contributed by atoms with Gasteiger partial charge in [-0.05, 0) is 0 Å². The molecule has 18 heteroatoms. The van der Waals surface area contributed by atoms with E-state index < -0.39 is 7.82 Å². The van der Waals surface area contributed by atoms with Crippen LogP contribution in [-0.2, 0) is 4.57 Å². The van der Waals surface area contributed by atoms with Crippen molar-refractivity contribution in [2.45, 2.75) is 0 Å². The molecule has 0 aromatic heterocycles. The fourth-order valence-corrected chi connectivity index (χ4v) is 0. The first-order valence-corrected chi connectivity index (χ1v) is 2.35. The van der Waals surface area contributed by atoms with E-state index in [2.05, 4.69) is 0 Å². The Morgan fingerprint density at radius 2 is 0.500 bits per heavy atom. The maximum atomic E-state index is 8.88. The van der Waals surface area contributed by atoms with E-state index in [1.54, 1.807) is 0 Å². The minimum atomic E-state index is -4.64. The van der Waals surface area contributed by atoms with Crippen molar-refractivity contribution < 1.29 is 87.8 Å². The quantitative estimate of drug-likeness (QED) is 0.285. The first-order chi connectivity index (χ1) is 2.00. The molecule has 0 aliphatic carbocycles. The Morgan fingerprint density at radius 1 is 0.500 bits per heavy atom. The molecule has 0 aromatic rings. The Bertz CT molecular complexity index is 66.6. The van der Waals surface area contributed by atoms with Gasteiger partial charge in [0.25, 0.3) is 0 Å². The van der Waals surface area contributed by atoms with Crippen LogP contribution in [0.5, 0.6) is 0 Å². The first kappa shape index (κ1) is 288. The van der Waals surface area contributed by atoms with Crippen molar-refractivity contribution in [1.29, 1.82) is 0 Å². The molecule has 0 saturated carbocycles. The number of rotatable bonds is 0. The van der Waals surface area contributed by atoms with Crippen molar-refractivity contribution in [3.05, 3.63) is 0 Å². The molecule has 0 aliphatic rings. The van der Waals surface area contributed by atoms with E-state index >= 15 is 0 Å². The van der Waals surface area contributed by atoms with E-state index in [1.165, 1.54) is 0 Å². The van der Waals surface area contributed by atoms with E-state index in [9.17, 15) is 0 Å². The molecular formula is H29MgO16P. The van der Waals surface area contributed by atoms with Gasteiger partial charge in [0.2, 0.25) is 0 Å². The SMILES string of the molecule is O.O.O.O.O.O.O.O.O.O.O.O.O=P(O)(O)O.[H-].[H-].[Mg+2]. The van der Waals surface area contributed by atoms with Crippen molar-refractivity contribution in [2.24, 2.45) is 0 Å². The Morgan fingerprint density at radius 3 is 0.500 bits per heavy atom. The average molecular weight is 340 g/mol. The molecule has 0 rings (SSSR count). The van der Waals surface area contributed by atoms with Crippen molar-refractivity contribution in [2.75, 3.05) is 0 Å². The predicted molar refractivity (Wildman–Crippen MR) is 65.6 cm³/mol. The van der Waals surface area contributed by atoms with Gasteiger partial charge >= 0.3 is 30.9 Å². The van der Waals surface area contributed by atoms with Crippen LogP contribution in [0.3, 0.4) is 0 Å². The van der Waals surface area contributed by atoms with Crippen LogP contribution < -0.4 is 0 Å². The fraction of sp³-hybridized carbons (Fsp3) is 0. The Balaban J connectivity index is -0.000000000762. The van der Waals surface area contributed by atoms with Gasteiger partial charge in [0.1, 0.15) is 0 Å². The summed E-state index contributed by atoms with van der Waals surface area (Å²) in [6.45, 7) is 0. The summed E-state index contributed by atoms with van der Waals surface area (Å²) < 4.78 is 8.88. The van der Waals surface area contributed by atoms with Crippen LogP contribution in [0.1, 0.15) is 2.85 Å². The van der Waals surface area contributed by atoms with Gasteiger partial charge in [-0.3, -0.25) is 0 Å². The third-order valence-electron chi connectivity index (χ3n) is 0. The number of hydrogen-bond donors (Lipinski definition) is 3. The Labute approximate surface area is 119 Å². The average Bonchev–Trinajstić information content (AvgIpc) is 0.722. The summed E-state index contributed by atoms with van der Waals surface area (Å²) in [5.74, 6) is 0. The first-order valence-electron chi connectivity index (χ1n) is 0.783. The fourth-order valence-electron chi connectivity index (χ4n) is 0. The van der Waals surface area contributed by atoms with Gasteiger partial charge < -0.3 is 83.2 Å². The molecule has 0 unspecified atom stereocenters. The summed E-state index contributed by atoms with van der Waals surface area (Å²) in [4.78, 5) is 21.6. The molecule has 0 fully saturated rings. The Hall–Kier alpha value is 0.396. The van der Waals surface area contributed by atoms with Gasteiger partial charge in [-0.25, -0.2) is 4.57 Å². The molecule has 27 N–H and O–H groups in total. The maximum Gasteiger partial charge on any atom is 2.00 e.